The van der Waals surface area contributed by atoms with E-state index in [0.29, 0.717) is 32.7 Å². The van der Waals surface area contributed by atoms with Gasteiger partial charge in [0.05, 0.1) is 9.79 Å². The van der Waals surface area contributed by atoms with Crippen molar-refractivity contribution in [3.8, 4) is 0 Å². The van der Waals surface area contributed by atoms with Gasteiger partial charge < -0.3 is 0 Å². The third-order valence-electron chi connectivity index (χ3n) is 7.03. The first-order chi connectivity index (χ1) is 14.6. The zero-order valence-electron chi connectivity index (χ0n) is 16.5. The SMILES string of the molecule is O=S(=O)(C1=C[C@@]23CCC[C@@]2(C=C(S(=O)(=O)c2ccc(Cl)cc2)C3)C1)c1ccc(Cl)cc1. The van der Waals surface area contributed by atoms with Crippen LogP contribution in [0.15, 0.2) is 80.3 Å². The summed E-state index contributed by atoms with van der Waals surface area (Å²) in [5.41, 5.74) is -0.923. The molecule has 31 heavy (non-hydrogen) atoms. The highest BCUT2D eigenvalue weighted by atomic mass is 35.5. The van der Waals surface area contributed by atoms with Crippen molar-refractivity contribution < 1.29 is 16.8 Å². The van der Waals surface area contributed by atoms with Gasteiger partial charge in [-0.25, -0.2) is 16.8 Å². The van der Waals surface area contributed by atoms with Crippen LogP contribution in [0.2, 0.25) is 10.0 Å². The van der Waals surface area contributed by atoms with Crippen LogP contribution in [0, 0.1) is 10.8 Å². The van der Waals surface area contributed by atoms with E-state index in [1.165, 1.54) is 24.3 Å². The van der Waals surface area contributed by atoms with Gasteiger partial charge in [0.15, 0.2) is 0 Å². The highest BCUT2D eigenvalue weighted by molar-refractivity contribution is 7.95. The Labute approximate surface area is 192 Å². The molecule has 3 aliphatic carbocycles. The zero-order valence-corrected chi connectivity index (χ0v) is 19.7. The first kappa shape index (κ1) is 21.3. The molecule has 0 aromatic heterocycles. The van der Waals surface area contributed by atoms with Crippen LogP contribution >= 0.6 is 23.2 Å². The second kappa shape index (κ2) is 6.95. The maximum Gasteiger partial charge on any atom is 0.202 e. The Bertz CT molecular complexity index is 1240. The van der Waals surface area contributed by atoms with Gasteiger partial charge in [0.2, 0.25) is 19.7 Å². The van der Waals surface area contributed by atoms with Crippen LogP contribution in [0.5, 0.6) is 0 Å². The van der Waals surface area contributed by atoms with Crippen molar-refractivity contribution in [2.45, 2.75) is 41.9 Å². The molecule has 0 saturated heterocycles. The first-order valence-corrected chi connectivity index (χ1v) is 13.8. The van der Waals surface area contributed by atoms with Crippen molar-refractivity contribution in [1.82, 2.24) is 0 Å². The minimum Gasteiger partial charge on any atom is -0.219 e. The Morgan fingerprint density at radius 3 is 1.32 bits per heavy atom. The minimum atomic E-state index is -3.65. The standard InChI is InChI=1S/C23H20Cl2O4S2/c24-16-2-6-18(7-3-16)30(26,27)20-12-22-10-1-11-23(22,13-20)15-21(14-22)31(28,29)19-8-4-17(25)5-9-19/h2-9,12,15H,1,10-11,13-14H2/t22-,23+/m1/s1. The Hall–Kier alpha value is -1.60. The third-order valence-corrected chi connectivity index (χ3v) is 11.2. The predicted molar refractivity (Wildman–Crippen MR) is 121 cm³/mol. The minimum absolute atomic E-state index is 0.215. The summed E-state index contributed by atoms with van der Waals surface area (Å²) in [4.78, 5) is 1.20. The van der Waals surface area contributed by atoms with Crippen molar-refractivity contribution in [3.05, 3.63) is 80.5 Å². The van der Waals surface area contributed by atoms with Gasteiger partial charge in [-0.15, -0.1) is 0 Å². The monoisotopic (exact) mass is 494 g/mol. The largest absolute Gasteiger partial charge is 0.219 e. The van der Waals surface area contributed by atoms with Crippen LogP contribution in [0.4, 0.5) is 0 Å². The van der Waals surface area contributed by atoms with Gasteiger partial charge in [0.25, 0.3) is 0 Å². The van der Waals surface area contributed by atoms with Crippen LogP contribution in [0.3, 0.4) is 0 Å². The molecule has 1 fully saturated rings. The smallest absolute Gasteiger partial charge is 0.202 e. The summed E-state index contributed by atoms with van der Waals surface area (Å²) in [6, 6.07) is 12.3. The van der Waals surface area contributed by atoms with Crippen LogP contribution in [-0.2, 0) is 19.7 Å². The molecule has 0 N–H and O–H groups in total. The summed E-state index contributed by atoms with van der Waals surface area (Å²) < 4.78 is 53.1. The van der Waals surface area contributed by atoms with E-state index < -0.39 is 30.5 Å². The molecule has 162 valence electrons. The number of allylic oxidation sites excluding steroid dienone is 4. The van der Waals surface area contributed by atoms with Crippen LogP contribution in [0.25, 0.3) is 0 Å². The lowest BCUT2D eigenvalue weighted by Gasteiger charge is -2.32. The van der Waals surface area contributed by atoms with Gasteiger partial charge in [-0.3, -0.25) is 0 Å². The van der Waals surface area contributed by atoms with Crippen molar-refractivity contribution in [2.75, 3.05) is 0 Å². The molecular weight excluding hydrogens is 475 g/mol. The molecule has 0 spiro atoms. The van der Waals surface area contributed by atoms with E-state index in [2.05, 4.69) is 0 Å². The predicted octanol–water partition coefficient (Wildman–Crippen LogP) is 5.97. The van der Waals surface area contributed by atoms with E-state index in [0.717, 1.165) is 19.3 Å². The van der Waals surface area contributed by atoms with E-state index in [1.54, 1.807) is 24.3 Å². The molecule has 5 rings (SSSR count). The van der Waals surface area contributed by atoms with Gasteiger partial charge in [-0.2, -0.15) is 0 Å². The summed E-state index contributed by atoms with van der Waals surface area (Å²) in [6.07, 6.45) is 6.88. The lowest BCUT2D eigenvalue weighted by molar-refractivity contribution is 0.230. The maximum absolute atomic E-state index is 13.3. The van der Waals surface area contributed by atoms with Gasteiger partial charge in [0.1, 0.15) is 0 Å². The average molecular weight is 495 g/mol. The molecule has 0 amide bonds. The highest BCUT2D eigenvalue weighted by Gasteiger charge is 2.62. The van der Waals surface area contributed by atoms with Crippen molar-refractivity contribution >= 4 is 42.9 Å². The van der Waals surface area contributed by atoms with Crippen molar-refractivity contribution in [3.63, 3.8) is 0 Å². The Morgan fingerprint density at radius 2 is 0.968 bits per heavy atom. The van der Waals surface area contributed by atoms with E-state index in [4.69, 9.17) is 23.2 Å². The molecule has 8 heteroatoms. The van der Waals surface area contributed by atoms with Crippen molar-refractivity contribution in [2.24, 2.45) is 10.8 Å². The second-order valence-electron chi connectivity index (χ2n) is 8.66. The third kappa shape index (κ3) is 3.14. The molecule has 0 radical (unpaired) electrons. The quantitative estimate of drug-likeness (QED) is 0.524. The molecule has 2 aromatic rings. The normalized spacial score (nSPS) is 27.5. The first-order valence-electron chi connectivity index (χ1n) is 10.0. The molecule has 0 heterocycles. The van der Waals surface area contributed by atoms with E-state index >= 15 is 0 Å². The summed E-state index contributed by atoms with van der Waals surface area (Å²) in [5.74, 6) is 0. The molecular formula is C23H20Cl2O4S2. The number of benzene rings is 2. The van der Waals surface area contributed by atoms with Gasteiger partial charge in [-0.1, -0.05) is 41.8 Å². The Morgan fingerprint density at radius 1 is 0.613 bits per heavy atom. The van der Waals surface area contributed by atoms with E-state index in [1.807, 2.05) is 12.2 Å². The number of hydrogen-bond donors (Lipinski definition) is 0. The van der Waals surface area contributed by atoms with Crippen LogP contribution in [-0.4, -0.2) is 16.8 Å². The highest BCUT2D eigenvalue weighted by Crippen LogP contribution is 2.70. The summed E-state index contributed by atoms with van der Waals surface area (Å²) in [6.45, 7) is 0. The lowest BCUT2D eigenvalue weighted by atomic mass is 9.70. The molecule has 1 saturated carbocycles. The zero-order chi connectivity index (χ0) is 22.1. The number of halogens is 2. The van der Waals surface area contributed by atoms with Crippen LogP contribution < -0.4 is 0 Å². The van der Waals surface area contributed by atoms with E-state index in [-0.39, 0.29) is 9.79 Å². The average Bonchev–Trinajstić information content (AvgIpc) is 3.29. The second-order valence-corrected chi connectivity index (χ2v) is 13.5. The molecule has 2 atom stereocenters. The number of rotatable bonds is 4. The fourth-order valence-corrected chi connectivity index (χ4v) is 9.00. The fraction of sp³-hybridized carbons (Fsp3) is 0.304. The molecule has 0 unspecified atom stereocenters. The lowest BCUT2D eigenvalue weighted by Crippen LogP contribution is -2.26. The van der Waals surface area contributed by atoms with E-state index in [9.17, 15) is 16.8 Å². The summed E-state index contributed by atoms with van der Waals surface area (Å²) in [5, 5.41) is 0.954. The Kier molecular flexibility index (Phi) is 4.76. The topological polar surface area (TPSA) is 68.3 Å². The van der Waals surface area contributed by atoms with Gasteiger partial charge in [-0.05, 0) is 74.2 Å². The number of sulfone groups is 2. The van der Waals surface area contributed by atoms with Crippen LogP contribution in [0.1, 0.15) is 32.1 Å². The number of hydrogen-bond acceptors (Lipinski definition) is 4. The molecule has 3 aliphatic rings. The summed E-state index contributed by atoms with van der Waals surface area (Å²) in [7, 11) is -7.30. The maximum atomic E-state index is 13.3. The molecule has 2 aromatic carbocycles. The summed E-state index contributed by atoms with van der Waals surface area (Å²) >= 11 is 11.8. The van der Waals surface area contributed by atoms with Gasteiger partial charge in [0, 0.05) is 30.7 Å². The Balaban J connectivity index is 1.53. The molecule has 4 nitrogen and oxygen atoms in total. The molecule has 0 aliphatic heterocycles. The molecule has 0 bridgehead atoms. The van der Waals surface area contributed by atoms with Gasteiger partial charge >= 0.3 is 0 Å². The fourth-order valence-electron chi connectivity index (χ4n) is 5.50. The van der Waals surface area contributed by atoms with Crippen molar-refractivity contribution in [1.29, 1.82) is 0 Å².